The van der Waals surface area contributed by atoms with Crippen molar-refractivity contribution in [2.75, 3.05) is 39.9 Å². The second-order valence-electron chi connectivity index (χ2n) is 3.91. The Kier molecular flexibility index (Phi) is 7.34. The second kappa shape index (κ2) is 7.65. The fourth-order valence-electron chi connectivity index (χ4n) is 1.82. The van der Waals surface area contributed by atoms with Gasteiger partial charge in [0.25, 0.3) is 0 Å². The van der Waals surface area contributed by atoms with Crippen molar-refractivity contribution in [3.05, 3.63) is 0 Å². The number of hydrogen-bond donors (Lipinski definition) is 1. The van der Waals surface area contributed by atoms with Crippen LogP contribution in [0.2, 0.25) is 0 Å². The number of carbonyl (C=O) groups is 1. The number of likely N-dealkylation sites (N-methyl/N-ethyl adjacent to an activating group) is 1. The largest absolute Gasteiger partial charge is 0.481 e. The Balaban J connectivity index is 4.04. The van der Waals surface area contributed by atoms with Crippen LogP contribution in [0.1, 0.15) is 26.7 Å². The Bertz CT molecular complexity index is 179. The lowest BCUT2D eigenvalue weighted by molar-refractivity contribution is -0.925. The number of carboxylic acids is 1. The molecular weight excluding hydrogens is 194 g/mol. The Morgan fingerprint density at radius 2 is 1.87 bits per heavy atom. The SMILES string of the molecule is CC[N+](CC)(CCCC(=O)O)CCOC. The maximum Gasteiger partial charge on any atom is 0.303 e. The van der Waals surface area contributed by atoms with E-state index in [2.05, 4.69) is 13.8 Å². The van der Waals surface area contributed by atoms with Gasteiger partial charge < -0.3 is 14.3 Å². The fraction of sp³-hybridized carbons (Fsp3) is 0.909. The molecule has 0 amide bonds. The molecular formula is C11H24NO3+. The summed E-state index contributed by atoms with van der Waals surface area (Å²) in [5.74, 6) is -0.702. The van der Waals surface area contributed by atoms with Gasteiger partial charge in [0.05, 0.1) is 32.7 Å². The summed E-state index contributed by atoms with van der Waals surface area (Å²) >= 11 is 0. The molecule has 15 heavy (non-hydrogen) atoms. The average Bonchev–Trinajstić information content (AvgIpc) is 2.23. The molecule has 0 aromatic rings. The van der Waals surface area contributed by atoms with E-state index in [1.165, 1.54) is 0 Å². The van der Waals surface area contributed by atoms with Crippen LogP contribution in [0, 0.1) is 0 Å². The molecule has 0 atom stereocenters. The Hall–Kier alpha value is -0.610. The quantitative estimate of drug-likeness (QED) is 0.594. The first-order chi connectivity index (χ1) is 7.10. The zero-order valence-corrected chi connectivity index (χ0v) is 10.2. The summed E-state index contributed by atoms with van der Waals surface area (Å²) < 4.78 is 6.06. The van der Waals surface area contributed by atoms with Gasteiger partial charge in [-0.15, -0.1) is 0 Å². The second-order valence-corrected chi connectivity index (χ2v) is 3.91. The summed E-state index contributed by atoms with van der Waals surface area (Å²) in [7, 11) is 1.71. The molecule has 0 aromatic heterocycles. The molecule has 4 nitrogen and oxygen atoms in total. The third-order valence-electron chi connectivity index (χ3n) is 3.13. The van der Waals surface area contributed by atoms with Crippen molar-refractivity contribution in [3.63, 3.8) is 0 Å². The van der Waals surface area contributed by atoms with Crippen LogP contribution in [-0.2, 0) is 9.53 Å². The normalized spacial score (nSPS) is 11.7. The summed E-state index contributed by atoms with van der Waals surface area (Å²) in [4.78, 5) is 10.4. The van der Waals surface area contributed by atoms with Crippen LogP contribution in [0.25, 0.3) is 0 Å². The van der Waals surface area contributed by atoms with Gasteiger partial charge in [0, 0.05) is 13.5 Å². The summed E-state index contributed by atoms with van der Waals surface area (Å²) in [6.45, 7) is 9.04. The first kappa shape index (κ1) is 14.4. The van der Waals surface area contributed by atoms with Crippen molar-refractivity contribution >= 4 is 5.97 Å². The summed E-state index contributed by atoms with van der Waals surface area (Å²) in [5.41, 5.74) is 0. The highest BCUT2D eigenvalue weighted by atomic mass is 16.5. The Morgan fingerprint density at radius 1 is 1.27 bits per heavy atom. The molecule has 90 valence electrons. The molecule has 0 unspecified atom stereocenters. The molecule has 0 bridgehead atoms. The van der Waals surface area contributed by atoms with E-state index in [0.29, 0.717) is 0 Å². The topological polar surface area (TPSA) is 46.5 Å². The number of methoxy groups -OCH3 is 1. The number of ether oxygens (including phenoxy) is 1. The molecule has 0 radical (unpaired) electrons. The molecule has 0 rings (SSSR count). The summed E-state index contributed by atoms with van der Waals surface area (Å²) in [6.07, 6.45) is 1.02. The number of rotatable bonds is 9. The Labute approximate surface area is 92.4 Å². The van der Waals surface area contributed by atoms with Crippen molar-refractivity contribution in [1.29, 1.82) is 0 Å². The highest BCUT2D eigenvalue weighted by Crippen LogP contribution is 2.09. The van der Waals surface area contributed by atoms with E-state index in [0.717, 1.165) is 43.7 Å². The molecule has 0 saturated carbocycles. The van der Waals surface area contributed by atoms with Crippen molar-refractivity contribution in [2.45, 2.75) is 26.7 Å². The molecule has 0 aliphatic heterocycles. The van der Waals surface area contributed by atoms with Gasteiger partial charge >= 0.3 is 5.97 Å². The zero-order chi connectivity index (χ0) is 11.7. The first-order valence-electron chi connectivity index (χ1n) is 5.66. The molecule has 0 aliphatic carbocycles. The minimum Gasteiger partial charge on any atom is -0.481 e. The number of nitrogens with zero attached hydrogens (tertiary/aromatic N) is 1. The lowest BCUT2D eigenvalue weighted by Crippen LogP contribution is -2.50. The first-order valence-corrected chi connectivity index (χ1v) is 5.66. The van der Waals surface area contributed by atoms with Gasteiger partial charge in [-0.1, -0.05) is 0 Å². The van der Waals surface area contributed by atoms with Gasteiger partial charge in [-0.05, 0) is 13.8 Å². The van der Waals surface area contributed by atoms with Crippen LogP contribution >= 0.6 is 0 Å². The molecule has 4 heteroatoms. The molecule has 0 saturated heterocycles. The average molecular weight is 218 g/mol. The van der Waals surface area contributed by atoms with E-state index in [9.17, 15) is 4.79 Å². The molecule has 1 N–H and O–H groups in total. The zero-order valence-electron chi connectivity index (χ0n) is 10.2. The van der Waals surface area contributed by atoms with Crippen LogP contribution in [0.15, 0.2) is 0 Å². The standard InChI is InChI=1S/C11H23NO3/c1-4-12(5-2,9-10-15-3)8-6-7-11(13)14/h4-10H2,1-3H3/p+1. The minimum absolute atomic E-state index is 0.271. The van der Waals surface area contributed by atoms with Gasteiger partial charge in [-0.3, -0.25) is 4.79 Å². The van der Waals surface area contributed by atoms with Gasteiger partial charge in [-0.25, -0.2) is 0 Å². The third-order valence-corrected chi connectivity index (χ3v) is 3.13. The van der Waals surface area contributed by atoms with E-state index in [1.807, 2.05) is 0 Å². The van der Waals surface area contributed by atoms with Crippen LogP contribution in [0.3, 0.4) is 0 Å². The number of carboxylic acid groups (broad SMARTS) is 1. The van der Waals surface area contributed by atoms with Gasteiger partial charge in [0.1, 0.15) is 6.54 Å². The fourth-order valence-corrected chi connectivity index (χ4v) is 1.82. The summed E-state index contributed by atoms with van der Waals surface area (Å²) in [6, 6.07) is 0. The molecule has 0 spiro atoms. The highest BCUT2D eigenvalue weighted by Gasteiger charge is 2.22. The van der Waals surface area contributed by atoms with Crippen molar-refractivity contribution < 1.29 is 19.1 Å². The lowest BCUT2D eigenvalue weighted by Gasteiger charge is -2.36. The lowest BCUT2D eigenvalue weighted by atomic mass is 10.2. The predicted octanol–water partition coefficient (Wildman–Crippen LogP) is 1.35. The van der Waals surface area contributed by atoms with E-state index in [4.69, 9.17) is 9.84 Å². The van der Waals surface area contributed by atoms with E-state index >= 15 is 0 Å². The van der Waals surface area contributed by atoms with Gasteiger partial charge in [0.15, 0.2) is 0 Å². The smallest absolute Gasteiger partial charge is 0.303 e. The maximum atomic E-state index is 10.4. The van der Waals surface area contributed by atoms with Crippen LogP contribution < -0.4 is 0 Å². The molecule has 0 heterocycles. The van der Waals surface area contributed by atoms with E-state index < -0.39 is 5.97 Å². The number of hydrogen-bond acceptors (Lipinski definition) is 2. The molecule has 0 fully saturated rings. The monoisotopic (exact) mass is 218 g/mol. The maximum absolute atomic E-state index is 10.4. The van der Waals surface area contributed by atoms with Crippen LogP contribution in [0.4, 0.5) is 0 Å². The molecule has 0 aliphatic rings. The van der Waals surface area contributed by atoms with Crippen molar-refractivity contribution in [2.24, 2.45) is 0 Å². The van der Waals surface area contributed by atoms with E-state index in [1.54, 1.807) is 7.11 Å². The van der Waals surface area contributed by atoms with Crippen molar-refractivity contribution in [3.8, 4) is 0 Å². The van der Waals surface area contributed by atoms with Crippen LogP contribution in [-0.4, -0.2) is 55.5 Å². The summed E-state index contributed by atoms with van der Waals surface area (Å²) in [5, 5.41) is 8.60. The number of quaternary nitrogens is 1. The van der Waals surface area contributed by atoms with Gasteiger partial charge in [-0.2, -0.15) is 0 Å². The van der Waals surface area contributed by atoms with E-state index in [-0.39, 0.29) is 6.42 Å². The highest BCUT2D eigenvalue weighted by molar-refractivity contribution is 5.66. The minimum atomic E-state index is -0.702. The molecule has 0 aromatic carbocycles. The Morgan fingerprint density at radius 3 is 2.27 bits per heavy atom. The number of aliphatic carboxylic acids is 1. The van der Waals surface area contributed by atoms with Crippen LogP contribution in [0.5, 0.6) is 0 Å². The third kappa shape index (κ3) is 5.74. The van der Waals surface area contributed by atoms with Gasteiger partial charge in [0.2, 0.25) is 0 Å². The predicted molar refractivity (Wildman–Crippen MR) is 59.8 cm³/mol. The van der Waals surface area contributed by atoms with Crippen molar-refractivity contribution in [1.82, 2.24) is 0 Å².